The smallest absolute Gasteiger partial charge is 0.216 e. The van der Waals surface area contributed by atoms with E-state index < -0.39 is 0 Å². The predicted molar refractivity (Wildman–Crippen MR) is 88.6 cm³/mol. The van der Waals surface area contributed by atoms with Crippen molar-refractivity contribution in [3.63, 3.8) is 0 Å². The van der Waals surface area contributed by atoms with Crippen LogP contribution >= 0.6 is 0 Å². The van der Waals surface area contributed by atoms with E-state index in [9.17, 15) is 0 Å². The first-order valence-corrected chi connectivity index (χ1v) is 7.22. The van der Waals surface area contributed by atoms with Gasteiger partial charge in [0.05, 0.1) is 0 Å². The highest BCUT2D eigenvalue weighted by Crippen LogP contribution is 2.15. The number of hydrogen-bond donors (Lipinski definition) is 2. The SMILES string of the molecule is N#CC(=CNc1ccc(COc2ccccc2)cc1)c1nn[nH]n1. The molecule has 1 heterocycles. The number of anilines is 1. The molecule has 7 nitrogen and oxygen atoms in total. The second-order valence-electron chi connectivity index (χ2n) is 4.85. The second kappa shape index (κ2) is 7.56. The van der Waals surface area contributed by atoms with Crippen molar-refractivity contribution in [1.29, 1.82) is 5.26 Å². The van der Waals surface area contributed by atoms with Crippen molar-refractivity contribution in [2.45, 2.75) is 6.61 Å². The highest BCUT2D eigenvalue weighted by atomic mass is 16.5. The molecule has 7 heteroatoms. The molecule has 2 aromatic carbocycles. The van der Waals surface area contributed by atoms with Gasteiger partial charge in [0.15, 0.2) is 0 Å². The Morgan fingerprint density at radius 3 is 2.62 bits per heavy atom. The van der Waals surface area contributed by atoms with Crippen LogP contribution in [-0.4, -0.2) is 20.6 Å². The molecule has 0 fully saturated rings. The summed E-state index contributed by atoms with van der Waals surface area (Å²) in [5.41, 5.74) is 2.18. The third kappa shape index (κ3) is 3.96. The predicted octanol–water partition coefficient (Wildman–Crippen LogP) is 2.76. The number of aromatic nitrogens is 4. The molecule has 0 amide bonds. The van der Waals surface area contributed by atoms with Crippen LogP contribution in [0, 0.1) is 11.3 Å². The Bertz CT molecular complexity index is 835. The fourth-order valence-electron chi connectivity index (χ4n) is 1.96. The quantitative estimate of drug-likeness (QED) is 0.678. The van der Waals surface area contributed by atoms with Crippen molar-refractivity contribution in [3.05, 3.63) is 72.2 Å². The average molecular weight is 318 g/mol. The van der Waals surface area contributed by atoms with Gasteiger partial charge in [-0.2, -0.15) is 10.5 Å². The molecule has 118 valence electrons. The van der Waals surface area contributed by atoms with Gasteiger partial charge in [-0.15, -0.1) is 10.2 Å². The lowest BCUT2D eigenvalue weighted by Gasteiger charge is -2.07. The zero-order valence-electron chi connectivity index (χ0n) is 12.7. The Balaban J connectivity index is 1.59. The highest BCUT2D eigenvalue weighted by Gasteiger charge is 2.05. The number of H-pyrrole nitrogens is 1. The second-order valence-corrected chi connectivity index (χ2v) is 4.85. The van der Waals surface area contributed by atoms with Gasteiger partial charge in [0.2, 0.25) is 5.82 Å². The molecular formula is C17H14N6O. The van der Waals surface area contributed by atoms with E-state index in [0.29, 0.717) is 12.2 Å². The fraction of sp³-hybridized carbons (Fsp3) is 0.0588. The number of hydrogen-bond acceptors (Lipinski definition) is 6. The maximum atomic E-state index is 9.10. The minimum Gasteiger partial charge on any atom is -0.489 e. The lowest BCUT2D eigenvalue weighted by atomic mass is 10.2. The monoisotopic (exact) mass is 318 g/mol. The van der Waals surface area contributed by atoms with Crippen LogP contribution in [0.15, 0.2) is 60.8 Å². The van der Waals surface area contributed by atoms with Gasteiger partial charge in [0.25, 0.3) is 0 Å². The van der Waals surface area contributed by atoms with Gasteiger partial charge < -0.3 is 10.1 Å². The van der Waals surface area contributed by atoms with E-state index >= 15 is 0 Å². The summed E-state index contributed by atoms with van der Waals surface area (Å²) in [5, 5.41) is 25.4. The van der Waals surface area contributed by atoms with E-state index in [1.54, 1.807) is 6.20 Å². The molecule has 0 saturated heterocycles. The number of aromatic amines is 1. The van der Waals surface area contributed by atoms with Gasteiger partial charge in [0.1, 0.15) is 24.0 Å². The molecule has 0 bridgehead atoms. The standard InChI is InChI=1S/C17H14N6O/c18-10-14(17-20-22-23-21-17)11-19-15-8-6-13(7-9-15)12-24-16-4-2-1-3-5-16/h1-9,11,19H,12H2,(H,20,21,22,23). The van der Waals surface area contributed by atoms with Gasteiger partial charge in [-0.25, -0.2) is 0 Å². The van der Waals surface area contributed by atoms with E-state index in [4.69, 9.17) is 10.00 Å². The fourth-order valence-corrected chi connectivity index (χ4v) is 1.96. The van der Waals surface area contributed by atoms with Crippen molar-refractivity contribution in [3.8, 4) is 11.8 Å². The summed E-state index contributed by atoms with van der Waals surface area (Å²) in [5.74, 6) is 1.08. The number of para-hydroxylation sites is 1. The molecule has 0 aliphatic rings. The summed E-state index contributed by atoms with van der Waals surface area (Å²) in [6.07, 6.45) is 1.54. The molecule has 0 aliphatic carbocycles. The van der Waals surface area contributed by atoms with E-state index in [-0.39, 0.29) is 5.82 Å². The van der Waals surface area contributed by atoms with Gasteiger partial charge >= 0.3 is 0 Å². The molecule has 3 rings (SSSR count). The maximum Gasteiger partial charge on any atom is 0.216 e. The summed E-state index contributed by atoms with van der Waals surface area (Å²) >= 11 is 0. The molecule has 2 N–H and O–H groups in total. The van der Waals surface area contributed by atoms with Crippen LogP contribution in [0.25, 0.3) is 5.57 Å². The Labute approximate surface area is 138 Å². The Morgan fingerprint density at radius 2 is 1.96 bits per heavy atom. The number of allylic oxidation sites excluding steroid dienone is 1. The number of benzene rings is 2. The third-order valence-corrected chi connectivity index (χ3v) is 3.19. The Morgan fingerprint density at radius 1 is 1.17 bits per heavy atom. The molecule has 0 saturated carbocycles. The number of rotatable bonds is 6. The lowest BCUT2D eigenvalue weighted by molar-refractivity contribution is 0.306. The van der Waals surface area contributed by atoms with Crippen LogP contribution in [0.5, 0.6) is 5.75 Å². The molecule has 24 heavy (non-hydrogen) atoms. The van der Waals surface area contributed by atoms with Gasteiger partial charge in [0, 0.05) is 11.9 Å². The summed E-state index contributed by atoms with van der Waals surface area (Å²) in [7, 11) is 0. The van der Waals surface area contributed by atoms with Crippen molar-refractivity contribution in [2.75, 3.05) is 5.32 Å². The van der Waals surface area contributed by atoms with Crippen LogP contribution in [0.4, 0.5) is 5.69 Å². The van der Waals surface area contributed by atoms with Crippen molar-refractivity contribution >= 4 is 11.3 Å². The molecule has 0 spiro atoms. The first-order chi connectivity index (χ1) is 11.8. The molecular weight excluding hydrogens is 304 g/mol. The molecule has 0 aliphatic heterocycles. The van der Waals surface area contributed by atoms with Crippen LogP contribution in [0.3, 0.4) is 0 Å². The van der Waals surface area contributed by atoms with E-state index in [1.165, 1.54) is 0 Å². The Hall–Kier alpha value is -3.66. The third-order valence-electron chi connectivity index (χ3n) is 3.19. The summed E-state index contributed by atoms with van der Waals surface area (Å²) in [4.78, 5) is 0. The maximum absolute atomic E-state index is 9.10. The van der Waals surface area contributed by atoms with Crippen LogP contribution in [-0.2, 0) is 6.61 Å². The summed E-state index contributed by atoms with van der Waals surface area (Å²) in [6.45, 7) is 0.492. The van der Waals surface area contributed by atoms with Crippen molar-refractivity contribution in [1.82, 2.24) is 20.6 Å². The van der Waals surface area contributed by atoms with Crippen LogP contribution in [0.2, 0.25) is 0 Å². The largest absolute Gasteiger partial charge is 0.489 e. The topological polar surface area (TPSA) is 99.5 Å². The zero-order chi connectivity index (χ0) is 16.6. The summed E-state index contributed by atoms with van der Waals surface area (Å²) in [6, 6.07) is 19.4. The molecule has 3 aromatic rings. The van der Waals surface area contributed by atoms with Crippen LogP contribution < -0.4 is 10.1 Å². The average Bonchev–Trinajstić information content (AvgIpc) is 3.17. The zero-order valence-corrected chi connectivity index (χ0v) is 12.7. The van der Waals surface area contributed by atoms with E-state index in [2.05, 4.69) is 25.9 Å². The van der Waals surface area contributed by atoms with Crippen LogP contribution in [0.1, 0.15) is 11.4 Å². The summed E-state index contributed by atoms with van der Waals surface area (Å²) < 4.78 is 5.69. The highest BCUT2D eigenvalue weighted by molar-refractivity contribution is 5.73. The number of tetrazole rings is 1. The van der Waals surface area contributed by atoms with Crippen molar-refractivity contribution in [2.24, 2.45) is 0 Å². The van der Waals surface area contributed by atoms with Gasteiger partial charge in [-0.1, -0.05) is 30.3 Å². The van der Waals surface area contributed by atoms with Gasteiger partial charge in [-0.3, -0.25) is 0 Å². The minimum atomic E-state index is 0.248. The first kappa shape index (κ1) is 15.2. The number of nitrogens with one attached hydrogen (secondary N) is 2. The normalized spacial score (nSPS) is 10.9. The lowest BCUT2D eigenvalue weighted by Crippen LogP contribution is -1.96. The van der Waals surface area contributed by atoms with Crippen molar-refractivity contribution < 1.29 is 4.74 Å². The van der Waals surface area contributed by atoms with E-state index in [0.717, 1.165) is 17.0 Å². The molecule has 1 aromatic heterocycles. The van der Waals surface area contributed by atoms with E-state index in [1.807, 2.05) is 60.7 Å². The Kier molecular flexibility index (Phi) is 4.80. The first-order valence-electron chi connectivity index (χ1n) is 7.22. The van der Waals surface area contributed by atoms with Gasteiger partial charge in [-0.05, 0) is 35.0 Å². The number of nitrogens with zero attached hydrogens (tertiary/aromatic N) is 4. The number of nitriles is 1. The number of ether oxygens (including phenoxy) is 1. The molecule has 0 atom stereocenters. The minimum absolute atomic E-state index is 0.248. The molecule has 0 unspecified atom stereocenters. The molecule has 0 radical (unpaired) electrons.